The van der Waals surface area contributed by atoms with Gasteiger partial charge in [-0.15, -0.1) is 0 Å². The van der Waals surface area contributed by atoms with E-state index in [9.17, 15) is 4.79 Å². The molecule has 3 heteroatoms. The summed E-state index contributed by atoms with van der Waals surface area (Å²) in [4.78, 5) is 11.6. The molecule has 0 radical (unpaired) electrons. The molecule has 1 saturated carbocycles. The molecule has 1 fully saturated rings. The molecule has 1 amide bonds. The summed E-state index contributed by atoms with van der Waals surface area (Å²) in [7, 11) is 0. The van der Waals surface area contributed by atoms with Crippen molar-refractivity contribution in [2.75, 3.05) is 0 Å². The van der Waals surface area contributed by atoms with Crippen LogP contribution in [0.25, 0.3) is 0 Å². The molecular weight excluding hydrogens is 188 g/mol. The van der Waals surface area contributed by atoms with Gasteiger partial charge in [-0.2, -0.15) is 0 Å². The van der Waals surface area contributed by atoms with Crippen LogP contribution in [0.4, 0.5) is 0 Å². The molecule has 3 nitrogen and oxygen atoms in total. The van der Waals surface area contributed by atoms with Crippen molar-refractivity contribution >= 4 is 5.91 Å². The Morgan fingerprint density at radius 1 is 1.53 bits per heavy atom. The molecule has 15 heavy (non-hydrogen) atoms. The van der Waals surface area contributed by atoms with E-state index in [1.807, 2.05) is 0 Å². The van der Waals surface area contributed by atoms with Gasteiger partial charge in [0, 0.05) is 18.5 Å². The topological polar surface area (TPSA) is 55.1 Å². The molecular formula is C12H24N2O. The summed E-state index contributed by atoms with van der Waals surface area (Å²) in [5.74, 6) is 1.23. The first kappa shape index (κ1) is 12.5. The van der Waals surface area contributed by atoms with Gasteiger partial charge in [-0.05, 0) is 24.7 Å². The van der Waals surface area contributed by atoms with Crippen molar-refractivity contribution in [1.82, 2.24) is 5.32 Å². The second-order valence-electron chi connectivity index (χ2n) is 5.07. The second kappa shape index (κ2) is 5.50. The van der Waals surface area contributed by atoms with Gasteiger partial charge in [-0.1, -0.05) is 27.2 Å². The first-order valence-corrected chi connectivity index (χ1v) is 6.09. The van der Waals surface area contributed by atoms with E-state index >= 15 is 0 Å². The van der Waals surface area contributed by atoms with Gasteiger partial charge in [0.1, 0.15) is 0 Å². The Morgan fingerprint density at radius 3 is 2.73 bits per heavy atom. The third kappa shape index (κ3) is 4.20. The fourth-order valence-electron chi connectivity index (χ4n) is 1.83. The van der Waals surface area contributed by atoms with E-state index in [0.717, 1.165) is 12.3 Å². The SMILES string of the molecule is CCCC1CC1NC(=O)CC(N)C(C)C. The van der Waals surface area contributed by atoms with Gasteiger partial charge in [-0.25, -0.2) is 0 Å². The van der Waals surface area contributed by atoms with Gasteiger partial charge in [-0.3, -0.25) is 4.79 Å². The Kier molecular flexibility index (Phi) is 4.58. The number of carbonyl (C=O) groups excluding carboxylic acids is 1. The monoisotopic (exact) mass is 212 g/mol. The molecule has 0 aromatic carbocycles. The third-order valence-corrected chi connectivity index (χ3v) is 3.21. The van der Waals surface area contributed by atoms with Crippen molar-refractivity contribution in [3.8, 4) is 0 Å². The summed E-state index contributed by atoms with van der Waals surface area (Å²) in [5.41, 5.74) is 5.85. The molecule has 0 aromatic heterocycles. The van der Waals surface area contributed by atoms with E-state index in [4.69, 9.17) is 5.73 Å². The van der Waals surface area contributed by atoms with Crippen molar-refractivity contribution in [3.63, 3.8) is 0 Å². The van der Waals surface area contributed by atoms with E-state index in [2.05, 4.69) is 26.1 Å². The molecule has 0 aromatic rings. The highest BCUT2D eigenvalue weighted by atomic mass is 16.1. The molecule has 3 atom stereocenters. The quantitative estimate of drug-likeness (QED) is 0.703. The molecule has 3 unspecified atom stereocenters. The second-order valence-corrected chi connectivity index (χ2v) is 5.07. The van der Waals surface area contributed by atoms with Gasteiger partial charge < -0.3 is 11.1 Å². The van der Waals surface area contributed by atoms with Crippen LogP contribution in [0.2, 0.25) is 0 Å². The number of nitrogens with one attached hydrogen (secondary N) is 1. The Labute approximate surface area is 92.8 Å². The molecule has 0 bridgehead atoms. The summed E-state index contributed by atoms with van der Waals surface area (Å²) in [6.07, 6.45) is 4.08. The highest BCUT2D eigenvalue weighted by Crippen LogP contribution is 2.34. The van der Waals surface area contributed by atoms with E-state index in [1.165, 1.54) is 12.8 Å². The molecule has 1 aliphatic carbocycles. The van der Waals surface area contributed by atoms with Crippen LogP contribution in [0.15, 0.2) is 0 Å². The van der Waals surface area contributed by atoms with Crippen LogP contribution >= 0.6 is 0 Å². The fourth-order valence-corrected chi connectivity index (χ4v) is 1.83. The van der Waals surface area contributed by atoms with Crippen molar-refractivity contribution in [1.29, 1.82) is 0 Å². The number of carbonyl (C=O) groups is 1. The average molecular weight is 212 g/mol. The lowest BCUT2D eigenvalue weighted by atomic mass is 10.0. The van der Waals surface area contributed by atoms with Gasteiger partial charge in [0.05, 0.1) is 0 Å². The number of nitrogens with two attached hydrogens (primary N) is 1. The summed E-state index contributed by atoms with van der Waals surface area (Å²) in [6.45, 7) is 6.29. The summed E-state index contributed by atoms with van der Waals surface area (Å²) >= 11 is 0. The van der Waals surface area contributed by atoms with Crippen LogP contribution in [0, 0.1) is 11.8 Å². The van der Waals surface area contributed by atoms with Gasteiger partial charge in [0.25, 0.3) is 0 Å². The molecule has 0 spiro atoms. The number of hydrogen-bond donors (Lipinski definition) is 2. The molecule has 0 aliphatic heterocycles. The van der Waals surface area contributed by atoms with Gasteiger partial charge >= 0.3 is 0 Å². The van der Waals surface area contributed by atoms with Crippen LogP contribution in [-0.2, 0) is 4.79 Å². The van der Waals surface area contributed by atoms with Crippen molar-refractivity contribution in [3.05, 3.63) is 0 Å². The van der Waals surface area contributed by atoms with E-state index in [1.54, 1.807) is 0 Å². The lowest BCUT2D eigenvalue weighted by Crippen LogP contribution is -2.36. The predicted octanol–water partition coefficient (Wildman–Crippen LogP) is 1.66. The lowest BCUT2D eigenvalue weighted by Gasteiger charge is -2.14. The highest BCUT2D eigenvalue weighted by Gasteiger charge is 2.37. The van der Waals surface area contributed by atoms with Gasteiger partial charge in [0.15, 0.2) is 0 Å². The molecule has 88 valence electrons. The number of rotatable bonds is 6. The molecule has 1 aliphatic rings. The van der Waals surface area contributed by atoms with Crippen LogP contribution in [0.3, 0.4) is 0 Å². The van der Waals surface area contributed by atoms with E-state index in [-0.39, 0.29) is 11.9 Å². The highest BCUT2D eigenvalue weighted by molar-refractivity contribution is 5.77. The van der Waals surface area contributed by atoms with Crippen LogP contribution in [0.1, 0.15) is 46.5 Å². The molecule has 0 heterocycles. The lowest BCUT2D eigenvalue weighted by molar-refractivity contribution is -0.121. The molecule has 0 saturated heterocycles. The standard InChI is InChI=1S/C12H24N2O/c1-4-5-9-6-11(9)14-12(15)7-10(13)8(2)3/h8-11H,4-7,13H2,1-3H3,(H,14,15). The summed E-state index contributed by atoms with van der Waals surface area (Å²) in [5, 5.41) is 3.06. The Hall–Kier alpha value is -0.570. The normalized spacial score (nSPS) is 26.5. The first-order chi connectivity index (χ1) is 7.04. The van der Waals surface area contributed by atoms with E-state index in [0.29, 0.717) is 18.4 Å². The minimum Gasteiger partial charge on any atom is -0.353 e. The van der Waals surface area contributed by atoms with Crippen LogP contribution in [-0.4, -0.2) is 18.0 Å². The summed E-state index contributed by atoms with van der Waals surface area (Å²) < 4.78 is 0. The zero-order chi connectivity index (χ0) is 11.4. The van der Waals surface area contributed by atoms with Gasteiger partial charge in [0.2, 0.25) is 5.91 Å². The number of hydrogen-bond acceptors (Lipinski definition) is 2. The maximum Gasteiger partial charge on any atom is 0.221 e. The average Bonchev–Trinajstić information content (AvgIpc) is 2.83. The third-order valence-electron chi connectivity index (χ3n) is 3.21. The van der Waals surface area contributed by atoms with Crippen molar-refractivity contribution in [2.24, 2.45) is 17.6 Å². The summed E-state index contributed by atoms with van der Waals surface area (Å²) in [6, 6.07) is 0.435. The Balaban J connectivity index is 2.15. The molecule has 3 N–H and O–H groups in total. The first-order valence-electron chi connectivity index (χ1n) is 6.09. The zero-order valence-corrected chi connectivity index (χ0v) is 10.1. The molecule has 1 rings (SSSR count). The Morgan fingerprint density at radius 2 is 2.20 bits per heavy atom. The Bertz CT molecular complexity index is 216. The maximum absolute atomic E-state index is 11.6. The maximum atomic E-state index is 11.6. The van der Waals surface area contributed by atoms with Crippen molar-refractivity contribution in [2.45, 2.75) is 58.5 Å². The minimum absolute atomic E-state index is 0.00613. The fraction of sp³-hybridized carbons (Fsp3) is 0.917. The predicted molar refractivity (Wildman–Crippen MR) is 62.4 cm³/mol. The van der Waals surface area contributed by atoms with Crippen LogP contribution < -0.4 is 11.1 Å². The smallest absolute Gasteiger partial charge is 0.221 e. The minimum atomic E-state index is -0.00613. The van der Waals surface area contributed by atoms with Crippen LogP contribution in [0.5, 0.6) is 0 Å². The van der Waals surface area contributed by atoms with E-state index < -0.39 is 0 Å². The largest absolute Gasteiger partial charge is 0.353 e. The zero-order valence-electron chi connectivity index (χ0n) is 10.1. The number of amides is 1. The van der Waals surface area contributed by atoms with Crippen molar-refractivity contribution < 1.29 is 4.79 Å².